The van der Waals surface area contributed by atoms with Crippen LogP contribution in [0.25, 0.3) is 0 Å². The van der Waals surface area contributed by atoms with E-state index >= 15 is 0 Å². The van der Waals surface area contributed by atoms with Gasteiger partial charge in [0.2, 0.25) is 10.0 Å². The molecular weight excluding hydrogens is 246 g/mol. The van der Waals surface area contributed by atoms with E-state index in [-0.39, 0.29) is 6.04 Å². The summed E-state index contributed by atoms with van der Waals surface area (Å²) in [6.45, 7) is 4.69. The molecule has 0 bridgehead atoms. The van der Waals surface area contributed by atoms with Crippen molar-refractivity contribution in [3.05, 3.63) is 29.8 Å². The maximum atomic E-state index is 12.6. The van der Waals surface area contributed by atoms with Crippen molar-refractivity contribution in [2.75, 3.05) is 6.54 Å². The summed E-state index contributed by atoms with van der Waals surface area (Å²) in [5.74, 6) is 0. The number of piperidine rings is 1. The minimum Gasteiger partial charge on any atom is -0.207 e. The van der Waals surface area contributed by atoms with Crippen LogP contribution < -0.4 is 0 Å². The number of nitrogens with zero attached hydrogens (tertiary/aromatic N) is 1. The van der Waals surface area contributed by atoms with Crippen LogP contribution in [0.5, 0.6) is 0 Å². The summed E-state index contributed by atoms with van der Waals surface area (Å²) in [5, 5.41) is 0. The molecule has 1 atom stereocenters. The van der Waals surface area contributed by atoms with E-state index < -0.39 is 10.0 Å². The fraction of sp³-hybridized carbons (Fsp3) is 0.571. The second-order valence-electron chi connectivity index (χ2n) is 4.99. The van der Waals surface area contributed by atoms with E-state index in [0.29, 0.717) is 11.4 Å². The van der Waals surface area contributed by atoms with Crippen LogP contribution >= 0.6 is 0 Å². The van der Waals surface area contributed by atoms with Crippen LogP contribution in [-0.4, -0.2) is 25.3 Å². The third-order valence-electron chi connectivity index (χ3n) is 3.67. The summed E-state index contributed by atoms with van der Waals surface area (Å²) in [4.78, 5) is 0.424. The molecule has 1 heterocycles. The fourth-order valence-corrected chi connectivity index (χ4v) is 4.31. The lowest BCUT2D eigenvalue weighted by Crippen LogP contribution is -2.43. The molecule has 0 amide bonds. The predicted octanol–water partition coefficient (Wildman–Crippen LogP) is 2.95. The van der Waals surface area contributed by atoms with Crippen molar-refractivity contribution >= 4 is 10.0 Å². The zero-order chi connectivity index (χ0) is 13.2. The highest BCUT2D eigenvalue weighted by atomic mass is 32.2. The molecular formula is C14H21NO2S. The Hall–Kier alpha value is -0.870. The highest BCUT2D eigenvalue weighted by Crippen LogP contribution is 2.26. The van der Waals surface area contributed by atoms with Gasteiger partial charge in [0.25, 0.3) is 0 Å². The number of sulfonamides is 1. The minimum atomic E-state index is -3.31. The Bertz CT molecular complexity index is 493. The topological polar surface area (TPSA) is 37.4 Å². The van der Waals surface area contributed by atoms with Crippen LogP contribution in [0.15, 0.2) is 29.2 Å². The maximum absolute atomic E-state index is 12.6. The van der Waals surface area contributed by atoms with Crippen LogP contribution in [0, 0.1) is 6.92 Å². The summed E-state index contributed by atoms with van der Waals surface area (Å²) in [7, 11) is -3.31. The van der Waals surface area contributed by atoms with Crippen LogP contribution in [0.3, 0.4) is 0 Å². The summed E-state index contributed by atoms with van der Waals surface area (Å²) in [6.07, 6.45) is 3.99. The first kappa shape index (κ1) is 13.6. The first-order chi connectivity index (χ1) is 8.55. The largest absolute Gasteiger partial charge is 0.243 e. The zero-order valence-electron chi connectivity index (χ0n) is 11.1. The summed E-state index contributed by atoms with van der Waals surface area (Å²) >= 11 is 0. The second-order valence-corrected chi connectivity index (χ2v) is 6.88. The molecule has 1 aromatic carbocycles. The summed E-state index contributed by atoms with van der Waals surface area (Å²) in [5.41, 5.74) is 1.08. The molecule has 0 spiro atoms. The van der Waals surface area contributed by atoms with E-state index in [1.54, 1.807) is 16.4 Å². The van der Waals surface area contributed by atoms with Crippen molar-refractivity contribution < 1.29 is 8.42 Å². The highest BCUT2D eigenvalue weighted by Gasteiger charge is 2.32. The molecule has 0 aromatic heterocycles. The smallest absolute Gasteiger partial charge is 0.207 e. The molecule has 1 aliphatic rings. The molecule has 3 nitrogen and oxygen atoms in total. The molecule has 4 heteroatoms. The van der Waals surface area contributed by atoms with Gasteiger partial charge in [-0.25, -0.2) is 8.42 Å². The highest BCUT2D eigenvalue weighted by molar-refractivity contribution is 7.89. The van der Waals surface area contributed by atoms with Crippen LogP contribution in [0.2, 0.25) is 0 Å². The number of rotatable bonds is 3. The van der Waals surface area contributed by atoms with Crippen molar-refractivity contribution in [2.45, 2.75) is 50.5 Å². The Morgan fingerprint density at radius 3 is 2.50 bits per heavy atom. The zero-order valence-corrected chi connectivity index (χ0v) is 11.9. The van der Waals surface area contributed by atoms with Crippen molar-refractivity contribution in [1.29, 1.82) is 0 Å². The Kier molecular flexibility index (Phi) is 4.07. The van der Waals surface area contributed by atoms with Gasteiger partial charge in [0, 0.05) is 12.6 Å². The molecule has 100 valence electrons. The van der Waals surface area contributed by atoms with Gasteiger partial charge in [-0.1, -0.05) is 31.0 Å². The number of hydrogen-bond donors (Lipinski definition) is 0. The van der Waals surface area contributed by atoms with E-state index in [9.17, 15) is 8.42 Å². The lowest BCUT2D eigenvalue weighted by molar-refractivity contribution is 0.246. The van der Waals surface area contributed by atoms with Crippen molar-refractivity contribution in [2.24, 2.45) is 0 Å². The number of aryl methyl sites for hydroxylation is 1. The van der Waals surface area contributed by atoms with Gasteiger partial charge >= 0.3 is 0 Å². The van der Waals surface area contributed by atoms with Crippen molar-refractivity contribution in [3.63, 3.8) is 0 Å². The van der Waals surface area contributed by atoms with Crippen molar-refractivity contribution in [3.8, 4) is 0 Å². The van der Waals surface area contributed by atoms with E-state index in [2.05, 4.69) is 6.92 Å². The Balaban J connectivity index is 2.32. The molecule has 2 rings (SSSR count). The molecule has 18 heavy (non-hydrogen) atoms. The average Bonchev–Trinajstić information content (AvgIpc) is 2.39. The SMILES string of the molecule is CC[C@H]1CCCCN1S(=O)(=O)c1ccc(C)cc1. The van der Waals surface area contributed by atoms with Crippen molar-refractivity contribution in [1.82, 2.24) is 4.31 Å². The fourth-order valence-electron chi connectivity index (χ4n) is 2.54. The lowest BCUT2D eigenvalue weighted by Gasteiger charge is -2.34. The summed E-state index contributed by atoms with van der Waals surface area (Å²) in [6, 6.07) is 7.32. The van der Waals surface area contributed by atoms with E-state index in [1.165, 1.54) is 0 Å². The lowest BCUT2D eigenvalue weighted by atomic mass is 10.0. The van der Waals surface area contributed by atoms with Gasteiger partial charge < -0.3 is 0 Å². The molecule has 0 radical (unpaired) electrons. The van der Waals surface area contributed by atoms with Gasteiger partial charge in [-0.05, 0) is 38.3 Å². The monoisotopic (exact) mass is 267 g/mol. The Labute approximate surface area is 110 Å². The quantitative estimate of drug-likeness (QED) is 0.844. The van der Waals surface area contributed by atoms with Crippen LogP contribution in [-0.2, 0) is 10.0 Å². The van der Waals surface area contributed by atoms with E-state index in [4.69, 9.17) is 0 Å². The predicted molar refractivity (Wildman–Crippen MR) is 73.0 cm³/mol. The van der Waals surface area contributed by atoms with Crippen LogP contribution in [0.1, 0.15) is 38.2 Å². The number of hydrogen-bond acceptors (Lipinski definition) is 2. The maximum Gasteiger partial charge on any atom is 0.243 e. The normalized spacial score (nSPS) is 22.0. The minimum absolute atomic E-state index is 0.171. The Morgan fingerprint density at radius 1 is 1.22 bits per heavy atom. The first-order valence-electron chi connectivity index (χ1n) is 6.64. The molecule has 0 unspecified atom stereocenters. The molecule has 1 aliphatic heterocycles. The Morgan fingerprint density at radius 2 is 1.89 bits per heavy atom. The van der Waals surface area contributed by atoms with Gasteiger partial charge in [-0.3, -0.25) is 0 Å². The first-order valence-corrected chi connectivity index (χ1v) is 8.08. The van der Waals surface area contributed by atoms with E-state index in [0.717, 1.165) is 31.2 Å². The average molecular weight is 267 g/mol. The molecule has 0 aliphatic carbocycles. The standard InChI is InChI=1S/C14H21NO2S/c1-3-13-6-4-5-11-15(13)18(16,17)14-9-7-12(2)8-10-14/h7-10,13H,3-6,11H2,1-2H3/t13-/m0/s1. The van der Waals surface area contributed by atoms with Crippen LogP contribution in [0.4, 0.5) is 0 Å². The van der Waals surface area contributed by atoms with Gasteiger partial charge in [-0.15, -0.1) is 0 Å². The van der Waals surface area contributed by atoms with Gasteiger partial charge in [0.05, 0.1) is 4.90 Å². The molecule has 0 N–H and O–H groups in total. The molecule has 1 fully saturated rings. The van der Waals surface area contributed by atoms with Gasteiger partial charge in [0.15, 0.2) is 0 Å². The molecule has 1 aromatic rings. The number of benzene rings is 1. The third-order valence-corrected chi connectivity index (χ3v) is 5.64. The molecule has 0 saturated carbocycles. The molecule has 1 saturated heterocycles. The van der Waals surface area contributed by atoms with E-state index in [1.807, 2.05) is 19.1 Å². The van der Waals surface area contributed by atoms with Gasteiger partial charge in [0.1, 0.15) is 0 Å². The third kappa shape index (κ3) is 2.59. The summed E-state index contributed by atoms with van der Waals surface area (Å²) < 4.78 is 26.9. The van der Waals surface area contributed by atoms with Gasteiger partial charge in [-0.2, -0.15) is 4.31 Å². The second kappa shape index (κ2) is 5.41.